The molecule has 3 heteroatoms. The number of benzene rings is 1. The zero-order valence-corrected chi connectivity index (χ0v) is 10.6. The minimum absolute atomic E-state index is 0.205. The lowest BCUT2D eigenvalue weighted by atomic mass is 9.95. The average Bonchev–Trinajstić information content (AvgIpc) is 3.13. The summed E-state index contributed by atoms with van der Waals surface area (Å²) < 4.78 is 1.06. The molecular weight excluding hydrogens is 266 g/mol. The van der Waals surface area contributed by atoms with Gasteiger partial charge in [-0.05, 0) is 43.4 Å². The number of hydrogen-bond donors (Lipinski definition) is 1. The molecule has 0 atom stereocenters. The van der Waals surface area contributed by atoms with Crippen LogP contribution in [0, 0.1) is 0 Å². The second kappa shape index (κ2) is 3.59. The number of halogens is 1. The van der Waals surface area contributed by atoms with E-state index in [0.29, 0.717) is 6.04 Å². The monoisotopic (exact) mass is 279 g/mol. The molecule has 0 aliphatic heterocycles. The quantitative estimate of drug-likeness (QED) is 0.906. The SMILES string of the molecule is O=C(NC1CC1)C1(c2ccc(Br)cc2)CC1. The van der Waals surface area contributed by atoms with Crippen molar-refractivity contribution in [3.05, 3.63) is 34.3 Å². The van der Waals surface area contributed by atoms with Crippen molar-refractivity contribution in [2.75, 3.05) is 0 Å². The van der Waals surface area contributed by atoms with Gasteiger partial charge >= 0.3 is 0 Å². The summed E-state index contributed by atoms with van der Waals surface area (Å²) in [6, 6.07) is 8.60. The van der Waals surface area contributed by atoms with Crippen molar-refractivity contribution in [3.8, 4) is 0 Å². The molecule has 2 aliphatic rings. The molecule has 0 heterocycles. The molecule has 84 valence electrons. The summed E-state index contributed by atoms with van der Waals surface area (Å²) in [6.07, 6.45) is 4.30. The van der Waals surface area contributed by atoms with E-state index in [-0.39, 0.29) is 11.3 Å². The van der Waals surface area contributed by atoms with E-state index in [2.05, 4.69) is 33.4 Å². The van der Waals surface area contributed by atoms with Gasteiger partial charge in [0, 0.05) is 10.5 Å². The van der Waals surface area contributed by atoms with E-state index in [1.807, 2.05) is 12.1 Å². The Morgan fingerprint density at radius 1 is 1.25 bits per heavy atom. The zero-order valence-electron chi connectivity index (χ0n) is 9.00. The van der Waals surface area contributed by atoms with Gasteiger partial charge in [-0.3, -0.25) is 4.79 Å². The number of nitrogens with one attached hydrogen (secondary N) is 1. The molecule has 0 aromatic heterocycles. The van der Waals surface area contributed by atoms with Crippen LogP contribution in [-0.2, 0) is 10.2 Å². The van der Waals surface area contributed by atoms with Crippen molar-refractivity contribution >= 4 is 21.8 Å². The predicted octanol–water partition coefficient (Wildman–Crippen LogP) is 2.76. The van der Waals surface area contributed by atoms with Gasteiger partial charge in [0.2, 0.25) is 5.91 Å². The highest BCUT2D eigenvalue weighted by Crippen LogP contribution is 2.49. The first-order valence-corrected chi connectivity index (χ1v) is 6.57. The van der Waals surface area contributed by atoms with Crippen LogP contribution in [0.3, 0.4) is 0 Å². The number of carbonyl (C=O) groups excluding carboxylic acids is 1. The Morgan fingerprint density at radius 3 is 2.38 bits per heavy atom. The second-order valence-corrected chi connectivity index (χ2v) is 5.75. The summed E-state index contributed by atoms with van der Waals surface area (Å²) in [4.78, 5) is 12.1. The van der Waals surface area contributed by atoms with Gasteiger partial charge in [-0.25, -0.2) is 0 Å². The lowest BCUT2D eigenvalue weighted by molar-refractivity contribution is -0.123. The van der Waals surface area contributed by atoms with Crippen molar-refractivity contribution in [2.24, 2.45) is 0 Å². The Hall–Kier alpha value is -0.830. The predicted molar refractivity (Wildman–Crippen MR) is 66.2 cm³/mol. The molecular formula is C13H14BrNO. The van der Waals surface area contributed by atoms with Crippen LogP contribution in [0.25, 0.3) is 0 Å². The van der Waals surface area contributed by atoms with Crippen LogP contribution < -0.4 is 5.32 Å². The summed E-state index contributed by atoms with van der Waals surface area (Å²) in [6.45, 7) is 0. The number of carbonyl (C=O) groups is 1. The Kier molecular flexibility index (Phi) is 2.32. The third-order valence-electron chi connectivity index (χ3n) is 3.49. The standard InChI is InChI=1S/C13H14BrNO/c14-10-3-1-9(2-4-10)13(7-8-13)12(16)15-11-5-6-11/h1-4,11H,5-8H2,(H,15,16). The lowest BCUT2D eigenvalue weighted by Gasteiger charge is -2.15. The second-order valence-electron chi connectivity index (χ2n) is 4.84. The maximum Gasteiger partial charge on any atom is 0.230 e. The van der Waals surface area contributed by atoms with Gasteiger partial charge in [-0.2, -0.15) is 0 Å². The molecule has 0 unspecified atom stereocenters. The average molecular weight is 280 g/mol. The largest absolute Gasteiger partial charge is 0.353 e. The zero-order chi connectivity index (χ0) is 11.2. The van der Waals surface area contributed by atoms with Crippen molar-refractivity contribution in [1.82, 2.24) is 5.32 Å². The highest BCUT2D eigenvalue weighted by Gasteiger charge is 2.52. The fourth-order valence-corrected chi connectivity index (χ4v) is 2.36. The maximum atomic E-state index is 12.1. The topological polar surface area (TPSA) is 29.1 Å². The van der Waals surface area contributed by atoms with Gasteiger partial charge in [0.15, 0.2) is 0 Å². The Morgan fingerprint density at radius 2 is 1.88 bits per heavy atom. The molecule has 2 nitrogen and oxygen atoms in total. The molecule has 1 N–H and O–H groups in total. The first kappa shape index (κ1) is 10.3. The molecule has 16 heavy (non-hydrogen) atoms. The maximum absolute atomic E-state index is 12.1. The van der Waals surface area contributed by atoms with E-state index >= 15 is 0 Å². The van der Waals surface area contributed by atoms with E-state index in [9.17, 15) is 4.79 Å². The lowest BCUT2D eigenvalue weighted by Crippen LogP contribution is -2.36. The first-order chi connectivity index (χ1) is 7.71. The summed E-state index contributed by atoms with van der Waals surface area (Å²) in [5, 5.41) is 3.12. The Labute approximate surface area is 104 Å². The van der Waals surface area contributed by atoms with Crippen molar-refractivity contribution in [3.63, 3.8) is 0 Å². The minimum atomic E-state index is -0.205. The van der Waals surface area contributed by atoms with E-state index in [4.69, 9.17) is 0 Å². The molecule has 1 aromatic rings. The van der Waals surface area contributed by atoms with Gasteiger partial charge in [0.05, 0.1) is 5.41 Å². The molecule has 2 fully saturated rings. The number of rotatable bonds is 3. The summed E-state index contributed by atoms with van der Waals surface area (Å²) in [5.41, 5.74) is 0.956. The van der Waals surface area contributed by atoms with Gasteiger partial charge in [0.25, 0.3) is 0 Å². The first-order valence-electron chi connectivity index (χ1n) is 5.78. The number of hydrogen-bond acceptors (Lipinski definition) is 1. The van der Waals surface area contributed by atoms with Crippen LogP contribution in [-0.4, -0.2) is 11.9 Å². The van der Waals surface area contributed by atoms with E-state index in [1.165, 1.54) is 0 Å². The van der Waals surface area contributed by atoms with Crippen LogP contribution in [0.4, 0.5) is 0 Å². The highest BCUT2D eigenvalue weighted by atomic mass is 79.9. The summed E-state index contributed by atoms with van der Waals surface area (Å²) in [7, 11) is 0. The van der Waals surface area contributed by atoms with Gasteiger partial charge < -0.3 is 5.32 Å². The highest BCUT2D eigenvalue weighted by molar-refractivity contribution is 9.10. The van der Waals surface area contributed by atoms with Crippen molar-refractivity contribution in [1.29, 1.82) is 0 Å². The molecule has 1 amide bonds. The van der Waals surface area contributed by atoms with Crippen LogP contribution in [0.1, 0.15) is 31.2 Å². The Bertz CT molecular complexity index is 418. The molecule has 0 spiro atoms. The van der Waals surface area contributed by atoms with Crippen molar-refractivity contribution in [2.45, 2.75) is 37.1 Å². The third-order valence-corrected chi connectivity index (χ3v) is 4.02. The van der Waals surface area contributed by atoms with E-state index in [1.54, 1.807) is 0 Å². The number of amides is 1. The molecule has 3 rings (SSSR count). The van der Waals surface area contributed by atoms with E-state index in [0.717, 1.165) is 35.7 Å². The molecule has 1 aromatic carbocycles. The smallest absolute Gasteiger partial charge is 0.230 e. The molecule has 0 bridgehead atoms. The minimum Gasteiger partial charge on any atom is -0.353 e. The Balaban J connectivity index is 1.81. The van der Waals surface area contributed by atoms with Crippen LogP contribution in [0.5, 0.6) is 0 Å². The third kappa shape index (κ3) is 1.77. The summed E-state index contributed by atoms with van der Waals surface area (Å²) >= 11 is 3.42. The van der Waals surface area contributed by atoms with Crippen molar-refractivity contribution < 1.29 is 4.79 Å². The molecule has 0 saturated heterocycles. The molecule has 0 radical (unpaired) electrons. The van der Waals surface area contributed by atoms with Gasteiger partial charge in [-0.1, -0.05) is 28.1 Å². The van der Waals surface area contributed by atoms with Gasteiger partial charge in [0.1, 0.15) is 0 Å². The summed E-state index contributed by atoms with van der Waals surface area (Å²) in [5.74, 6) is 0.234. The molecule has 2 aliphatic carbocycles. The van der Waals surface area contributed by atoms with Crippen LogP contribution in [0.2, 0.25) is 0 Å². The van der Waals surface area contributed by atoms with Crippen LogP contribution in [0.15, 0.2) is 28.7 Å². The van der Waals surface area contributed by atoms with Crippen LogP contribution >= 0.6 is 15.9 Å². The molecule has 2 saturated carbocycles. The fourth-order valence-electron chi connectivity index (χ4n) is 2.09. The fraction of sp³-hybridized carbons (Fsp3) is 0.462. The normalized spacial score (nSPS) is 21.6. The van der Waals surface area contributed by atoms with Gasteiger partial charge in [-0.15, -0.1) is 0 Å². The van der Waals surface area contributed by atoms with E-state index < -0.39 is 0 Å².